The molecule has 1 aromatic heterocycles. The van der Waals surface area contributed by atoms with Crippen molar-refractivity contribution in [2.75, 3.05) is 13.1 Å². The molecule has 1 unspecified atom stereocenters. The first-order chi connectivity index (χ1) is 10.1. The van der Waals surface area contributed by atoms with Gasteiger partial charge in [0.25, 0.3) is 0 Å². The van der Waals surface area contributed by atoms with Gasteiger partial charge >= 0.3 is 12.0 Å². The Hall–Kier alpha value is -2.71. The van der Waals surface area contributed by atoms with Gasteiger partial charge in [0, 0.05) is 19.3 Å². The van der Waals surface area contributed by atoms with Gasteiger partial charge in [-0.2, -0.15) is 0 Å². The van der Waals surface area contributed by atoms with Gasteiger partial charge in [0.05, 0.1) is 18.7 Å². The second-order valence-corrected chi connectivity index (χ2v) is 4.46. The van der Waals surface area contributed by atoms with E-state index in [2.05, 4.69) is 20.6 Å². The van der Waals surface area contributed by atoms with Crippen LogP contribution in [0.2, 0.25) is 0 Å². The van der Waals surface area contributed by atoms with Crippen LogP contribution in [-0.2, 0) is 16.1 Å². The standard InChI is InChI=1S/C12H15N5O4/c18-10(19)5-9-11(20)14-3-4-17(9)12(21)15-6-8-1-2-13-7-16-8/h1-2,7,9H,3-6H2,(H,14,20)(H,15,21)(H,18,19). The largest absolute Gasteiger partial charge is 0.481 e. The molecule has 1 aliphatic heterocycles. The summed E-state index contributed by atoms with van der Waals surface area (Å²) in [5.41, 5.74) is 0.620. The lowest BCUT2D eigenvalue weighted by molar-refractivity contribution is -0.142. The Labute approximate surface area is 120 Å². The number of amides is 3. The molecule has 112 valence electrons. The fourth-order valence-electron chi connectivity index (χ4n) is 2.02. The Bertz CT molecular complexity index is 536. The third kappa shape index (κ3) is 3.88. The molecule has 1 fully saturated rings. The highest BCUT2D eigenvalue weighted by atomic mass is 16.4. The second kappa shape index (κ2) is 6.64. The van der Waals surface area contributed by atoms with Crippen LogP contribution in [0.5, 0.6) is 0 Å². The fraction of sp³-hybridized carbons (Fsp3) is 0.417. The molecule has 2 rings (SSSR count). The first kappa shape index (κ1) is 14.7. The van der Waals surface area contributed by atoms with Crippen LogP contribution in [0.15, 0.2) is 18.6 Å². The number of hydrogen-bond donors (Lipinski definition) is 3. The number of carboxylic acid groups (broad SMARTS) is 1. The summed E-state index contributed by atoms with van der Waals surface area (Å²) in [4.78, 5) is 43.6. The average molecular weight is 293 g/mol. The van der Waals surface area contributed by atoms with Crippen molar-refractivity contribution in [1.29, 1.82) is 0 Å². The molecule has 0 spiro atoms. The lowest BCUT2D eigenvalue weighted by Gasteiger charge is -2.34. The minimum Gasteiger partial charge on any atom is -0.481 e. The van der Waals surface area contributed by atoms with E-state index in [1.54, 1.807) is 12.3 Å². The van der Waals surface area contributed by atoms with Crippen LogP contribution < -0.4 is 10.6 Å². The van der Waals surface area contributed by atoms with Crippen molar-refractivity contribution in [2.45, 2.75) is 19.0 Å². The van der Waals surface area contributed by atoms with Crippen LogP contribution in [0, 0.1) is 0 Å². The molecule has 21 heavy (non-hydrogen) atoms. The lowest BCUT2D eigenvalue weighted by Crippen LogP contribution is -2.59. The van der Waals surface area contributed by atoms with E-state index in [9.17, 15) is 14.4 Å². The van der Waals surface area contributed by atoms with Crippen molar-refractivity contribution in [2.24, 2.45) is 0 Å². The van der Waals surface area contributed by atoms with Crippen molar-refractivity contribution in [3.63, 3.8) is 0 Å². The molecule has 0 saturated carbocycles. The number of carboxylic acids is 1. The average Bonchev–Trinajstić information content (AvgIpc) is 2.47. The number of nitrogens with one attached hydrogen (secondary N) is 2. The number of aliphatic carboxylic acids is 1. The molecule has 0 radical (unpaired) electrons. The maximum atomic E-state index is 12.1. The smallest absolute Gasteiger partial charge is 0.318 e. The molecule has 0 aromatic carbocycles. The van der Waals surface area contributed by atoms with Crippen LogP contribution >= 0.6 is 0 Å². The van der Waals surface area contributed by atoms with Crippen molar-refractivity contribution in [3.8, 4) is 0 Å². The second-order valence-electron chi connectivity index (χ2n) is 4.46. The summed E-state index contributed by atoms with van der Waals surface area (Å²) in [6.45, 7) is 0.744. The zero-order chi connectivity index (χ0) is 15.2. The molecule has 9 nitrogen and oxygen atoms in total. The molecule has 0 aliphatic carbocycles. The fourth-order valence-corrected chi connectivity index (χ4v) is 2.02. The predicted octanol–water partition coefficient (Wildman–Crippen LogP) is -1.04. The molecule has 1 saturated heterocycles. The highest BCUT2D eigenvalue weighted by Gasteiger charge is 2.34. The van der Waals surface area contributed by atoms with E-state index in [1.807, 2.05) is 0 Å². The Morgan fingerprint density at radius 2 is 2.33 bits per heavy atom. The highest BCUT2D eigenvalue weighted by Crippen LogP contribution is 2.09. The van der Waals surface area contributed by atoms with Crippen LogP contribution in [0.3, 0.4) is 0 Å². The minimum atomic E-state index is -1.13. The molecule has 0 bridgehead atoms. The molecule has 1 atom stereocenters. The summed E-state index contributed by atoms with van der Waals surface area (Å²) >= 11 is 0. The van der Waals surface area contributed by atoms with E-state index in [0.29, 0.717) is 12.2 Å². The molecule has 3 N–H and O–H groups in total. The SMILES string of the molecule is O=C(O)CC1C(=O)NCCN1C(=O)NCc1ccncn1. The van der Waals surface area contributed by atoms with Gasteiger partial charge < -0.3 is 20.6 Å². The van der Waals surface area contributed by atoms with Crippen LogP contribution in [0.1, 0.15) is 12.1 Å². The molecule has 3 amide bonds. The summed E-state index contributed by atoms with van der Waals surface area (Å²) in [7, 11) is 0. The van der Waals surface area contributed by atoms with E-state index in [0.717, 1.165) is 0 Å². The zero-order valence-electron chi connectivity index (χ0n) is 11.2. The van der Waals surface area contributed by atoms with Crippen molar-refractivity contribution >= 4 is 17.9 Å². The number of carbonyl (C=O) groups is 3. The third-order valence-corrected chi connectivity index (χ3v) is 3.02. The number of hydrogen-bond acceptors (Lipinski definition) is 5. The van der Waals surface area contributed by atoms with E-state index < -0.39 is 30.4 Å². The monoisotopic (exact) mass is 293 g/mol. The maximum absolute atomic E-state index is 12.1. The molecule has 1 aliphatic rings. The number of nitrogens with zero attached hydrogens (tertiary/aromatic N) is 3. The molecular weight excluding hydrogens is 278 g/mol. The van der Waals surface area contributed by atoms with Crippen molar-refractivity contribution < 1.29 is 19.5 Å². The number of urea groups is 1. The Kier molecular flexibility index (Phi) is 4.64. The molecular formula is C12H15N5O4. The van der Waals surface area contributed by atoms with Gasteiger partial charge in [0.1, 0.15) is 12.4 Å². The quantitative estimate of drug-likeness (QED) is 0.651. The number of carbonyl (C=O) groups excluding carboxylic acids is 2. The van der Waals surface area contributed by atoms with Gasteiger partial charge in [0.15, 0.2) is 0 Å². The van der Waals surface area contributed by atoms with Gasteiger partial charge in [-0.1, -0.05) is 0 Å². The molecule has 2 heterocycles. The van der Waals surface area contributed by atoms with Crippen molar-refractivity contribution in [3.05, 3.63) is 24.3 Å². The third-order valence-electron chi connectivity index (χ3n) is 3.02. The number of piperazine rings is 1. The van der Waals surface area contributed by atoms with Gasteiger partial charge in [-0.25, -0.2) is 14.8 Å². The van der Waals surface area contributed by atoms with Crippen LogP contribution in [0.25, 0.3) is 0 Å². The van der Waals surface area contributed by atoms with E-state index in [-0.39, 0.29) is 13.1 Å². The van der Waals surface area contributed by atoms with Gasteiger partial charge in [-0.15, -0.1) is 0 Å². The molecule has 9 heteroatoms. The van der Waals surface area contributed by atoms with E-state index >= 15 is 0 Å². The van der Waals surface area contributed by atoms with Crippen LogP contribution in [0.4, 0.5) is 4.79 Å². The first-order valence-corrected chi connectivity index (χ1v) is 6.37. The zero-order valence-corrected chi connectivity index (χ0v) is 11.2. The van der Waals surface area contributed by atoms with E-state index in [4.69, 9.17) is 5.11 Å². The van der Waals surface area contributed by atoms with Crippen molar-refractivity contribution in [1.82, 2.24) is 25.5 Å². The Morgan fingerprint density at radius 3 is 3.00 bits per heavy atom. The maximum Gasteiger partial charge on any atom is 0.318 e. The first-order valence-electron chi connectivity index (χ1n) is 6.37. The summed E-state index contributed by atoms with van der Waals surface area (Å²) in [6.07, 6.45) is 2.49. The van der Waals surface area contributed by atoms with Crippen LogP contribution in [-0.4, -0.2) is 57.0 Å². The van der Waals surface area contributed by atoms with Gasteiger partial charge in [0.2, 0.25) is 5.91 Å². The number of rotatable bonds is 4. The highest BCUT2D eigenvalue weighted by molar-refractivity contribution is 5.91. The minimum absolute atomic E-state index is 0.180. The predicted molar refractivity (Wildman–Crippen MR) is 70.0 cm³/mol. The summed E-state index contributed by atoms with van der Waals surface area (Å²) in [6, 6.07) is 0.161. The normalized spacial score (nSPS) is 18.0. The topological polar surface area (TPSA) is 125 Å². The number of aromatic nitrogens is 2. The van der Waals surface area contributed by atoms with Gasteiger partial charge in [-0.05, 0) is 6.07 Å². The summed E-state index contributed by atoms with van der Waals surface area (Å²) < 4.78 is 0. The molecule has 1 aromatic rings. The lowest BCUT2D eigenvalue weighted by atomic mass is 10.1. The Balaban J connectivity index is 1.98. The van der Waals surface area contributed by atoms with E-state index in [1.165, 1.54) is 11.2 Å². The summed E-state index contributed by atoms with van der Waals surface area (Å²) in [5, 5.41) is 14.0. The van der Waals surface area contributed by atoms with Gasteiger partial charge in [-0.3, -0.25) is 9.59 Å². The summed E-state index contributed by atoms with van der Waals surface area (Å²) in [5.74, 6) is -1.59. The Morgan fingerprint density at radius 1 is 1.52 bits per heavy atom.